The van der Waals surface area contributed by atoms with Crippen molar-refractivity contribution in [3.05, 3.63) is 0 Å². The van der Waals surface area contributed by atoms with E-state index in [4.69, 9.17) is 4.74 Å². The standard InChI is InChI=1S/C12H24O3/c1-5-6-7-8-9-10(2)15-11(3)12(13)14-4/h10-11H,5-9H2,1-4H3/t10?,11-/m1/s1. The van der Waals surface area contributed by atoms with Crippen LogP contribution in [0.1, 0.15) is 52.9 Å². The average molecular weight is 216 g/mol. The fraction of sp³-hybridized carbons (Fsp3) is 0.917. The summed E-state index contributed by atoms with van der Waals surface area (Å²) in [6.45, 7) is 5.93. The first-order valence-corrected chi connectivity index (χ1v) is 5.85. The highest BCUT2D eigenvalue weighted by atomic mass is 16.6. The largest absolute Gasteiger partial charge is 0.467 e. The zero-order valence-corrected chi connectivity index (χ0v) is 10.4. The third-order valence-corrected chi connectivity index (χ3v) is 2.43. The second-order valence-electron chi connectivity index (χ2n) is 3.96. The molecule has 3 nitrogen and oxygen atoms in total. The van der Waals surface area contributed by atoms with Crippen LogP contribution < -0.4 is 0 Å². The monoisotopic (exact) mass is 216 g/mol. The minimum atomic E-state index is -0.448. The molecule has 0 N–H and O–H groups in total. The summed E-state index contributed by atoms with van der Waals surface area (Å²) in [4.78, 5) is 11.1. The molecule has 0 aromatic carbocycles. The number of carbonyl (C=O) groups excluding carboxylic acids is 1. The number of unbranched alkanes of at least 4 members (excludes halogenated alkanes) is 3. The van der Waals surface area contributed by atoms with E-state index in [-0.39, 0.29) is 12.1 Å². The number of carbonyl (C=O) groups is 1. The molecule has 0 rings (SSSR count). The van der Waals surface area contributed by atoms with Crippen LogP contribution in [-0.2, 0) is 14.3 Å². The van der Waals surface area contributed by atoms with Gasteiger partial charge < -0.3 is 9.47 Å². The molecule has 15 heavy (non-hydrogen) atoms. The summed E-state index contributed by atoms with van der Waals surface area (Å²) < 4.78 is 10.1. The minimum Gasteiger partial charge on any atom is -0.467 e. The summed E-state index contributed by atoms with van der Waals surface area (Å²) in [5.41, 5.74) is 0. The van der Waals surface area contributed by atoms with Crippen LogP contribution in [0.3, 0.4) is 0 Å². The van der Waals surface area contributed by atoms with E-state index in [1.165, 1.54) is 32.8 Å². The van der Waals surface area contributed by atoms with Crippen molar-refractivity contribution in [1.29, 1.82) is 0 Å². The van der Waals surface area contributed by atoms with E-state index >= 15 is 0 Å². The average Bonchev–Trinajstić information content (AvgIpc) is 2.23. The second-order valence-corrected chi connectivity index (χ2v) is 3.96. The molecule has 0 radical (unpaired) electrons. The Hall–Kier alpha value is -0.570. The molecule has 90 valence electrons. The maximum atomic E-state index is 11.1. The molecule has 0 spiro atoms. The van der Waals surface area contributed by atoms with Crippen LogP contribution in [-0.4, -0.2) is 25.3 Å². The van der Waals surface area contributed by atoms with Crippen molar-refractivity contribution in [2.45, 2.75) is 65.1 Å². The van der Waals surface area contributed by atoms with Gasteiger partial charge in [0.05, 0.1) is 13.2 Å². The van der Waals surface area contributed by atoms with Crippen molar-refractivity contribution in [3.63, 3.8) is 0 Å². The predicted molar refractivity (Wildman–Crippen MR) is 60.8 cm³/mol. The quantitative estimate of drug-likeness (QED) is 0.462. The van der Waals surface area contributed by atoms with Crippen molar-refractivity contribution in [1.82, 2.24) is 0 Å². The van der Waals surface area contributed by atoms with Crippen molar-refractivity contribution in [2.24, 2.45) is 0 Å². The second kappa shape index (κ2) is 8.72. The summed E-state index contributed by atoms with van der Waals surface area (Å²) in [5.74, 6) is -0.296. The Morgan fingerprint density at radius 3 is 2.40 bits per heavy atom. The van der Waals surface area contributed by atoms with E-state index < -0.39 is 6.10 Å². The Labute approximate surface area is 93.1 Å². The maximum absolute atomic E-state index is 11.1. The highest BCUT2D eigenvalue weighted by Gasteiger charge is 2.16. The lowest BCUT2D eigenvalue weighted by Gasteiger charge is -2.17. The molecule has 2 atom stereocenters. The molecule has 0 saturated carbocycles. The smallest absolute Gasteiger partial charge is 0.334 e. The van der Waals surface area contributed by atoms with Gasteiger partial charge in [-0.05, 0) is 20.3 Å². The molecule has 0 aromatic heterocycles. The fourth-order valence-electron chi connectivity index (χ4n) is 1.50. The summed E-state index contributed by atoms with van der Waals surface area (Å²) in [7, 11) is 1.38. The first kappa shape index (κ1) is 14.4. The molecular formula is C12H24O3. The van der Waals surface area contributed by atoms with Crippen LogP contribution in [0.5, 0.6) is 0 Å². The lowest BCUT2D eigenvalue weighted by Crippen LogP contribution is -2.26. The molecule has 0 aromatic rings. The predicted octanol–water partition coefficient (Wildman–Crippen LogP) is 2.92. The number of esters is 1. The first-order valence-electron chi connectivity index (χ1n) is 5.85. The van der Waals surface area contributed by atoms with E-state index in [0.717, 1.165) is 6.42 Å². The van der Waals surface area contributed by atoms with Gasteiger partial charge >= 0.3 is 5.97 Å². The van der Waals surface area contributed by atoms with Crippen LogP contribution in [0.2, 0.25) is 0 Å². The topological polar surface area (TPSA) is 35.5 Å². The van der Waals surface area contributed by atoms with Crippen LogP contribution in [0.4, 0.5) is 0 Å². The molecule has 0 amide bonds. The SMILES string of the molecule is CCCCCCC(C)O[C@H](C)C(=O)OC. The zero-order chi connectivity index (χ0) is 11.7. The van der Waals surface area contributed by atoms with Gasteiger partial charge in [0, 0.05) is 0 Å². The Kier molecular flexibility index (Phi) is 8.38. The molecule has 0 fully saturated rings. The lowest BCUT2D eigenvalue weighted by molar-refractivity contribution is -0.156. The fourth-order valence-corrected chi connectivity index (χ4v) is 1.50. The molecule has 0 heterocycles. The summed E-state index contributed by atoms with van der Waals surface area (Å²) >= 11 is 0. The normalized spacial score (nSPS) is 14.7. The first-order chi connectivity index (χ1) is 7.11. The third-order valence-electron chi connectivity index (χ3n) is 2.43. The molecule has 0 bridgehead atoms. The Bertz CT molecular complexity index is 168. The Morgan fingerprint density at radius 1 is 1.20 bits per heavy atom. The Morgan fingerprint density at radius 2 is 1.87 bits per heavy atom. The highest BCUT2D eigenvalue weighted by molar-refractivity contribution is 5.73. The van der Waals surface area contributed by atoms with Gasteiger partial charge in [0.1, 0.15) is 0 Å². The van der Waals surface area contributed by atoms with Crippen LogP contribution in [0.25, 0.3) is 0 Å². The van der Waals surface area contributed by atoms with Crippen molar-refractivity contribution in [3.8, 4) is 0 Å². The van der Waals surface area contributed by atoms with Gasteiger partial charge in [-0.15, -0.1) is 0 Å². The van der Waals surface area contributed by atoms with E-state index in [9.17, 15) is 4.79 Å². The Balaban J connectivity index is 3.55. The maximum Gasteiger partial charge on any atom is 0.334 e. The van der Waals surface area contributed by atoms with Crippen molar-refractivity contribution < 1.29 is 14.3 Å². The van der Waals surface area contributed by atoms with Crippen LogP contribution in [0, 0.1) is 0 Å². The van der Waals surface area contributed by atoms with Gasteiger partial charge in [0.15, 0.2) is 6.10 Å². The van der Waals surface area contributed by atoms with E-state index in [2.05, 4.69) is 11.7 Å². The number of rotatable bonds is 8. The van der Waals surface area contributed by atoms with Gasteiger partial charge in [-0.1, -0.05) is 32.6 Å². The van der Waals surface area contributed by atoms with Gasteiger partial charge in [0.25, 0.3) is 0 Å². The molecule has 0 aliphatic carbocycles. The lowest BCUT2D eigenvalue weighted by atomic mass is 10.1. The van der Waals surface area contributed by atoms with Gasteiger partial charge in [-0.2, -0.15) is 0 Å². The minimum absolute atomic E-state index is 0.135. The summed E-state index contributed by atoms with van der Waals surface area (Å²) in [6.07, 6.45) is 5.64. The number of hydrogen-bond donors (Lipinski definition) is 0. The number of methoxy groups -OCH3 is 1. The summed E-state index contributed by atoms with van der Waals surface area (Å²) in [5, 5.41) is 0. The van der Waals surface area contributed by atoms with Crippen LogP contribution >= 0.6 is 0 Å². The van der Waals surface area contributed by atoms with Crippen LogP contribution in [0.15, 0.2) is 0 Å². The molecule has 0 aliphatic rings. The van der Waals surface area contributed by atoms with Gasteiger partial charge in [-0.3, -0.25) is 0 Å². The third kappa shape index (κ3) is 7.37. The van der Waals surface area contributed by atoms with Gasteiger partial charge in [-0.25, -0.2) is 4.79 Å². The van der Waals surface area contributed by atoms with E-state index in [1.54, 1.807) is 6.92 Å². The number of ether oxygens (including phenoxy) is 2. The molecule has 1 unspecified atom stereocenters. The summed E-state index contributed by atoms with van der Waals surface area (Å²) in [6, 6.07) is 0. The van der Waals surface area contributed by atoms with Gasteiger partial charge in [0.2, 0.25) is 0 Å². The molecule has 0 aliphatic heterocycles. The van der Waals surface area contributed by atoms with E-state index in [0.29, 0.717) is 0 Å². The van der Waals surface area contributed by atoms with Crippen molar-refractivity contribution >= 4 is 5.97 Å². The highest BCUT2D eigenvalue weighted by Crippen LogP contribution is 2.10. The number of hydrogen-bond acceptors (Lipinski definition) is 3. The van der Waals surface area contributed by atoms with E-state index in [1.807, 2.05) is 6.92 Å². The van der Waals surface area contributed by atoms with Crippen molar-refractivity contribution in [2.75, 3.05) is 7.11 Å². The molecule has 0 saturated heterocycles. The molecule has 3 heteroatoms. The zero-order valence-electron chi connectivity index (χ0n) is 10.4. The molecular weight excluding hydrogens is 192 g/mol.